The number of thiazole rings is 1. The number of likely N-dealkylation sites (tertiary alicyclic amines) is 1. The number of amides is 3. The first kappa shape index (κ1) is 31.5. The molecule has 1 aliphatic heterocycles. The van der Waals surface area contributed by atoms with Gasteiger partial charge in [0.1, 0.15) is 17.4 Å². The number of carbonyl (C=O) groups excluding carboxylic acids is 3. The van der Waals surface area contributed by atoms with Crippen molar-refractivity contribution in [2.75, 3.05) is 13.1 Å². The smallest absolute Gasteiger partial charge is 0.243 e. The third kappa shape index (κ3) is 7.81. The van der Waals surface area contributed by atoms with Crippen LogP contribution < -0.4 is 15.4 Å². The molecule has 40 heavy (non-hydrogen) atoms. The topological polar surface area (TPSA) is 121 Å². The molecule has 1 fully saturated rings. The molecule has 220 valence electrons. The number of aryl methyl sites for hydroxylation is 1. The van der Waals surface area contributed by atoms with Crippen molar-refractivity contribution in [2.45, 2.75) is 92.5 Å². The maximum Gasteiger partial charge on any atom is 0.243 e. The van der Waals surface area contributed by atoms with Crippen molar-refractivity contribution in [2.24, 2.45) is 11.3 Å². The third-order valence-corrected chi connectivity index (χ3v) is 8.00. The van der Waals surface area contributed by atoms with E-state index in [-0.39, 0.29) is 37.2 Å². The minimum atomic E-state index is -0.821. The van der Waals surface area contributed by atoms with Crippen LogP contribution in [0.15, 0.2) is 23.7 Å². The van der Waals surface area contributed by atoms with Crippen molar-refractivity contribution in [1.29, 1.82) is 0 Å². The van der Waals surface area contributed by atoms with Crippen molar-refractivity contribution < 1.29 is 24.2 Å². The van der Waals surface area contributed by atoms with Crippen molar-refractivity contribution in [1.82, 2.24) is 20.5 Å². The van der Waals surface area contributed by atoms with E-state index in [4.69, 9.17) is 4.74 Å². The van der Waals surface area contributed by atoms with Gasteiger partial charge in [0.25, 0.3) is 0 Å². The number of aliphatic hydroxyl groups is 1. The Morgan fingerprint density at radius 3 is 2.42 bits per heavy atom. The van der Waals surface area contributed by atoms with E-state index in [1.807, 2.05) is 79.1 Å². The number of ether oxygens (including phenoxy) is 1. The molecule has 2 aromatic rings. The molecule has 3 amide bonds. The average Bonchev–Trinajstić information content (AvgIpc) is 3.42. The van der Waals surface area contributed by atoms with Gasteiger partial charge in [-0.3, -0.25) is 14.4 Å². The summed E-state index contributed by atoms with van der Waals surface area (Å²) < 4.78 is 6.33. The van der Waals surface area contributed by atoms with Crippen LogP contribution in [0.25, 0.3) is 10.4 Å². The molecule has 1 aliphatic rings. The highest BCUT2D eigenvalue weighted by Crippen LogP contribution is 2.36. The second-order valence-electron chi connectivity index (χ2n) is 12.7. The molecule has 0 aliphatic carbocycles. The van der Waals surface area contributed by atoms with Crippen LogP contribution >= 0.6 is 11.3 Å². The normalized spacial score (nSPS) is 19.2. The molecule has 1 saturated heterocycles. The van der Waals surface area contributed by atoms with E-state index >= 15 is 0 Å². The van der Waals surface area contributed by atoms with Crippen LogP contribution in [-0.4, -0.2) is 63.5 Å². The number of aliphatic hydroxyl groups excluding tert-OH is 1. The molecule has 0 bridgehead atoms. The van der Waals surface area contributed by atoms with E-state index in [1.54, 1.807) is 11.3 Å². The van der Waals surface area contributed by atoms with Gasteiger partial charge in [0, 0.05) is 32.0 Å². The quantitative estimate of drug-likeness (QED) is 0.435. The zero-order valence-electron chi connectivity index (χ0n) is 25.1. The molecule has 4 atom stereocenters. The molecular weight excluding hydrogens is 528 g/mol. The molecule has 2 heterocycles. The number of β-amino-alcohol motifs (C(OH)–C–C–N with tert-alkyl or cyclic N) is 1. The van der Waals surface area contributed by atoms with Gasteiger partial charge in [0.05, 0.1) is 34.1 Å². The summed E-state index contributed by atoms with van der Waals surface area (Å²) in [6.45, 7) is 17.2. The summed E-state index contributed by atoms with van der Waals surface area (Å²) in [6, 6.07) is 4.69. The fourth-order valence-corrected chi connectivity index (χ4v) is 5.74. The molecule has 0 unspecified atom stereocenters. The lowest BCUT2D eigenvalue weighted by Crippen LogP contribution is -2.52. The van der Waals surface area contributed by atoms with Crippen LogP contribution in [0, 0.1) is 18.3 Å². The van der Waals surface area contributed by atoms with Gasteiger partial charge in [-0.15, -0.1) is 11.3 Å². The summed E-state index contributed by atoms with van der Waals surface area (Å²) >= 11 is 1.56. The lowest BCUT2D eigenvalue weighted by molar-refractivity contribution is -0.144. The molecule has 3 rings (SSSR count). The molecule has 0 saturated carbocycles. The van der Waals surface area contributed by atoms with Gasteiger partial charge in [-0.05, 0) is 51.7 Å². The predicted octanol–water partition coefficient (Wildman–Crippen LogP) is 4.23. The number of rotatable bonds is 8. The molecule has 1 aromatic carbocycles. The Labute approximate surface area is 241 Å². The average molecular weight is 573 g/mol. The Balaban J connectivity index is 1.85. The first-order chi connectivity index (χ1) is 18.5. The summed E-state index contributed by atoms with van der Waals surface area (Å²) in [6.07, 6.45) is -0.658. The van der Waals surface area contributed by atoms with E-state index in [9.17, 15) is 19.5 Å². The largest absolute Gasteiger partial charge is 0.488 e. The van der Waals surface area contributed by atoms with Crippen molar-refractivity contribution in [3.05, 3.63) is 35.0 Å². The zero-order valence-corrected chi connectivity index (χ0v) is 25.9. The lowest BCUT2D eigenvalue weighted by atomic mass is 9.79. The minimum Gasteiger partial charge on any atom is -0.488 e. The van der Waals surface area contributed by atoms with E-state index < -0.39 is 35.1 Å². The fourth-order valence-electron chi connectivity index (χ4n) is 4.93. The van der Waals surface area contributed by atoms with E-state index in [0.717, 1.165) is 21.7 Å². The van der Waals surface area contributed by atoms with Gasteiger partial charge in [0.15, 0.2) is 0 Å². The van der Waals surface area contributed by atoms with Gasteiger partial charge in [0.2, 0.25) is 17.7 Å². The molecule has 9 nitrogen and oxygen atoms in total. The first-order valence-electron chi connectivity index (χ1n) is 13.7. The number of nitrogens with zero attached hydrogens (tertiary/aromatic N) is 2. The standard InChI is InChI=1S/C30H44N4O5S/c1-17(22-11-10-20(26-18(2)32-16-40-26)12-25(22)39-30(7,8)9)33-27(37)24-13-21(36)15-34(24)28(38)23(29(4,5)6)14-31-19(3)35/h10-12,16-17,21,23-24,36H,13-15H2,1-9H3,(H,31,35)(H,33,37)/t17-,21+,23+,24-/m0/s1. The second kappa shape index (κ2) is 12.3. The highest BCUT2D eigenvalue weighted by Gasteiger charge is 2.44. The molecule has 1 aromatic heterocycles. The summed E-state index contributed by atoms with van der Waals surface area (Å²) in [5.74, 6) is -0.714. The van der Waals surface area contributed by atoms with Gasteiger partial charge < -0.3 is 25.4 Å². The number of carbonyl (C=O) groups is 3. The lowest BCUT2D eigenvalue weighted by Gasteiger charge is -2.35. The van der Waals surface area contributed by atoms with Gasteiger partial charge in [-0.2, -0.15) is 0 Å². The van der Waals surface area contributed by atoms with Crippen LogP contribution in [0.2, 0.25) is 0 Å². The zero-order chi connectivity index (χ0) is 30.0. The first-order valence-corrected chi connectivity index (χ1v) is 14.6. The maximum absolute atomic E-state index is 13.7. The Hall–Kier alpha value is -2.98. The molecule has 3 N–H and O–H groups in total. The van der Waals surface area contributed by atoms with Gasteiger partial charge in [-0.1, -0.05) is 32.9 Å². The summed E-state index contributed by atoms with van der Waals surface area (Å²) in [5, 5.41) is 16.3. The Kier molecular flexibility index (Phi) is 9.67. The van der Waals surface area contributed by atoms with Crippen LogP contribution in [0.3, 0.4) is 0 Å². The summed E-state index contributed by atoms with van der Waals surface area (Å²) in [7, 11) is 0. The van der Waals surface area contributed by atoms with E-state index in [2.05, 4.69) is 15.6 Å². The number of hydrogen-bond acceptors (Lipinski definition) is 7. The van der Waals surface area contributed by atoms with E-state index in [0.29, 0.717) is 5.75 Å². The van der Waals surface area contributed by atoms with Crippen LogP contribution in [0.4, 0.5) is 0 Å². The van der Waals surface area contributed by atoms with Crippen LogP contribution in [0.5, 0.6) is 5.75 Å². The predicted molar refractivity (Wildman–Crippen MR) is 157 cm³/mol. The third-order valence-electron chi connectivity index (χ3n) is 7.03. The maximum atomic E-state index is 13.7. The molecule has 10 heteroatoms. The highest BCUT2D eigenvalue weighted by molar-refractivity contribution is 7.13. The Bertz CT molecular complexity index is 1230. The van der Waals surface area contributed by atoms with E-state index in [1.165, 1.54) is 11.8 Å². The van der Waals surface area contributed by atoms with Crippen molar-refractivity contribution >= 4 is 29.1 Å². The summed E-state index contributed by atoms with van der Waals surface area (Å²) in [4.78, 5) is 45.7. The fraction of sp³-hybridized carbons (Fsp3) is 0.600. The van der Waals surface area contributed by atoms with Gasteiger partial charge in [-0.25, -0.2) is 4.98 Å². The van der Waals surface area contributed by atoms with Gasteiger partial charge >= 0.3 is 0 Å². The SMILES string of the molecule is CC(=O)NC[C@H](C(=O)N1C[C@H](O)C[C@H]1C(=O)N[C@@H](C)c1ccc(-c2scnc2C)cc1OC(C)(C)C)C(C)(C)C. The Morgan fingerprint density at radius 2 is 1.88 bits per heavy atom. The van der Waals surface area contributed by atoms with Crippen LogP contribution in [0.1, 0.15) is 79.1 Å². The van der Waals surface area contributed by atoms with Crippen molar-refractivity contribution in [3.63, 3.8) is 0 Å². The monoisotopic (exact) mass is 572 g/mol. The second-order valence-corrected chi connectivity index (χ2v) is 13.6. The summed E-state index contributed by atoms with van der Waals surface area (Å²) in [5.41, 5.74) is 3.63. The number of hydrogen-bond donors (Lipinski definition) is 3. The number of aromatic nitrogens is 1. The Morgan fingerprint density at radius 1 is 1.20 bits per heavy atom. The number of benzene rings is 1. The highest BCUT2D eigenvalue weighted by atomic mass is 32.1. The van der Waals surface area contributed by atoms with Crippen molar-refractivity contribution in [3.8, 4) is 16.2 Å². The molecule has 0 spiro atoms. The minimum absolute atomic E-state index is 0.0687. The van der Waals surface area contributed by atoms with Crippen LogP contribution in [-0.2, 0) is 14.4 Å². The number of nitrogens with one attached hydrogen (secondary N) is 2. The molecular formula is C30H44N4O5S. The molecule has 0 radical (unpaired) electrons.